The minimum atomic E-state index is -0.776. The van der Waals surface area contributed by atoms with E-state index in [0.29, 0.717) is 5.69 Å². The van der Waals surface area contributed by atoms with Crippen molar-refractivity contribution in [1.82, 2.24) is 4.98 Å². The summed E-state index contributed by atoms with van der Waals surface area (Å²) in [5.74, 6) is -1.29. The molecule has 1 aromatic carbocycles. The standard InChI is InChI=1S/C12H8BrFN2O/c13-8-3-5-9(6-4-8)16-12(17)10-2-1-7-15-11(10)14/h1-7H,(H,16,17). The van der Waals surface area contributed by atoms with E-state index in [9.17, 15) is 9.18 Å². The first-order valence-electron chi connectivity index (χ1n) is 4.84. The van der Waals surface area contributed by atoms with Gasteiger partial charge in [0.2, 0.25) is 5.95 Å². The van der Waals surface area contributed by atoms with Crippen LogP contribution in [0.1, 0.15) is 10.4 Å². The van der Waals surface area contributed by atoms with Crippen LogP contribution in [-0.2, 0) is 0 Å². The Morgan fingerprint density at radius 1 is 1.24 bits per heavy atom. The summed E-state index contributed by atoms with van der Waals surface area (Å²) < 4.78 is 14.1. The van der Waals surface area contributed by atoms with Crippen molar-refractivity contribution in [3.05, 3.63) is 58.6 Å². The normalized spacial score (nSPS) is 10.0. The van der Waals surface area contributed by atoms with Gasteiger partial charge in [-0.2, -0.15) is 4.39 Å². The number of nitrogens with one attached hydrogen (secondary N) is 1. The third-order valence-electron chi connectivity index (χ3n) is 2.11. The van der Waals surface area contributed by atoms with E-state index in [-0.39, 0.29) is 5.56 Å². The predicted molar refractivity (Wildman–Crippen MR) is 66.3 cm³/mol. The Morgan fingerprint density at radius 2 is 1.94 bits per heavy atom. The van der Waals surface area contributed by atoms with Gasteiger partial charge >= 0.3 is 0 Å². The molecule has 1 N–H and O–H groups in total. The average molecular weight is 295 g/mol. The van der Waals surface area contributed by atoms with Crippen LogP contribution < -0.4 is 5.32 Å². The summed E-state index contributed by atoms with van der Waals surface area (Å²) in [7, 11) is 0. The molecular formula is C12H8BrFN2O. The van der Waals surface area contributed by atoms with Crippen LogP contribution >= 0.6 is 15.9 Å². The monoisotopic (exact) mass is 294 g/mol. The molecule has 1 heterocycles. The third-order valence-corrected chi connectivity index (χ3v) is 2.63. The molecule has 17 heavy (non-hydrogen) atoms. The molecule has 1 amide bonds. The van der Waals surface area contributed by atoms with Crippen molar-refractivity contribution in [3.8, 4) is 0 Å². The van der Waals surface area contributed by atoms with Crippen LogP contribution in [0.25, 0.3) is 0 Å². The lowest BCUT2D eigenvalue weighted by molar-refractivity contribution is 0.102. The van der Waals surface area contributed by atoms with Crippen LogP contribution in [0.4, 0.5) is 10.1 Å². The molecule has 86 valence electrons. The number of hydrogen-bond acceptors (Lipinski definition) is 2. The van der Waals surface area contributed by atoms with Crippen molar-refractivity contribution in [3.63, 3.8) is 0 Å². The fourth-order valence-corrected chi connectivity index (χ4v) is 1.55. The Morgan fingerprint density at radius 3 is 2.59 bits per heavy atom. The number of aromatic nitrogens is 1. The Hall–Kier alpha value is -1.75. The maximum Gasteiger partial charge on any atom is 0.260 e. The summed E-state index contributed by atoms with van der Waals surface area (Å²) in [5, 5.41) is 2.59. The van der Waals surface area contributed by atoms with Crippen molar-refractivity contribution < 1.29 is 9.18 Å². The summed E-state index contributed by atoms with van der Waals surface area (Å²) >= 11 is 3.29. The van der Waals surface area contributed by atoms with Gasteiger partial charge in [0.15, 0.2) is 0 Å². The lowest BCUT2D eigenvalue weighted by atomic mass is 10.2. The van der Waals surface area contributed by atoms with Gasteiger partial charge in [-0.3, -0.25) is 4.79 Å². The van der Waals surface area contributed by atoms with Crippen LogP contribution in [0.2, 0.25) is 0 Å². The van der Waals surface area contributed by atoms with Crippen LogP contribution in [0.3, 0.4) is 0 Å². The van der Waals surface area contributed by atoms with Gasteiger partial charge in [0.1, 0.15) is 0 Å². The van der Waals surface area contributed by atoms with Crippen LogP contribution in [-0.4, -0.2) is 10.9 Å². The first kappa shape index (κ1) is 11.7. The van der Waals surface area contributed by atoms with E-state index in [4.69, 9.17) is 0 Å². The van der Waals surface area contributed by atoms with Gasteiger partial charge < -0.3 is 5.32 Å². The minimum absolute atomic E-state index is 0.0737. The number of carbonyl (C=O) groups is 1. The third kappa shape index (κ3) is 2.88. The molecule has 0 aliphatic heterocycles. The molecule has 0 saturated carbocycles. The Kier molecular flexibility index (Phi) is 3.49. The lowest BCUT2D eigenvalue weighted by Gasteiger charge is -2.05. The number of benzene rings is 1. The highest BCUT2D eigenvalue weighted by atomic mass is 79.9. The minimum Gasteiger partial charge on any atom is -0.322 e. The molecule has 0 bridgehead atoms. The number of carbonyl (C=O) groups excluding carboxylic acids is 1. The zero-order valence-electron chi connectivity index (χ0n) is 8.65. The molecule has 0 fully saturated rings. The van der Waals surface area contributed by atoms with E-state index >= 15 is 0 Å². The van der Waals surface area contributed by atoms with Gasteiger partial charge in [-0.1, -0.05) is 15.9 Å². The Labute approximate surface area is 106 Å². The highest BCUT2D eigenvalue weighted by molar-refractivity contribution is 9.10. The second-order valence-electron chi connectivity index (χ2n) is 3.30. The van der Waals surface area contributed by atoms with E-state index in [1.807, 2.05) is 0 Å². The number of halogens is 2. The Balaban J connectivity index is 2.17. The van der Waals surface area contributed by atoms with Crippen LogP contribution in [0.15, 0.2) is 47.1 Å². The maximum atomic E-state index is 13.2. The quantitative estimate of drug-likeness (QED) is 0.864. The number of amides is 1. The number of pyridine rings is 1. The SMILES string of the molecule is O=C(Nc1ccc(Br)cc1)c1cccnc1F. The summed E-state index contributed by atoms with van der Waals surface area (Å²) in [5.41, 5.74) is 0.525. The second kappa shape index (κ2) is 5.05. The summed E-state index contributed by atoms with van der Waals surface area (Å²) in [4.78, 5) is 15.1. The maximum absolute atomic E-state index is 13.2. The van der Waals surface area contributed by atoms with Crippen molar-refractivity contribution >= 4 is 27.5 Å². The largest absolute Gasteiger partial charge is 0.322 e. The molecule has 0 aliphatic carbocycles. The smallest absolute Gasteiger partial charge is 0.260 e. The van der Waals surface area contributed by atoms with Crippen LogP contribution in [0.5, 0.6) is 0 Å². The highest BCUT2D eigenvalue weighted by Crippen LogP contribution is 2.15. The molecule has 0 saturated heterocycles. The number of nitrogens with zero attached hydrogens (tertiary/aromatic N) is 1. The van der Waals surface area contributed by atoms with E-state index < -0.39 is 11.9 Å². The van der Waals surface area contributed by atoms with Crippen molar-refractivity contribution in [2.45, 2.75) is 0 Å². The molecule has 0 spiro atoms. The summed E-state index contributed by atoms with van der Waals surface area (Å²) in [6.45, 7) is 0. The van der Waals surface area contributed by atoms with Gasteiger partial charge in [0.25, 0.3) is 5.91 Å². The van der Waals surface area contributed by atoms with E-state index in [1.165, 1.54) is 18.3 Å². The van der Waals surface area contributed by atoms with Crippen LogP contribution in [0, 0.1) is 5.95 Å². The zero-order chi connectivity index (χ0) is 12.3. The molecule has 0 aliphatic rings. The fraction of sp³-hybridized carbons (Fsp3) is 0. The number of rotatable bonds is 2. The number of hydrogen-bond donors (Lipinski definition) is 1. The van der Waals surface area contributed by atoms with Crippen molar-refractivity contribution in [2.75, 3.05) is 5.32 Å². The van der Waals surface area contributed by atoms with Gasteiger partial charge in [-0.15, -0.1) is 0 Å². The zero-order valence-corrected chi connectivity index (χ0v) is 10.2. The molecular weight excluding hydrogens is 287 g/mol. The number of anilines is 1. The first-order chi connectivity index (χ1) is 8.16. The molecule has 2 aromatic rings. The molecule has 2 rings (SSSR count). The second-order valence-corrected chi connectivity index (χ2v) is 4.22. The molecule has 0 unspecified atom stereocenters. The van der Waals surface area contributed by atoms with E-state index in [2.05, 4.69) is 26.2 Å². The molecule has 0 atom stereocenters. The van der Waals surface area contributed by atoms with E-state index in [0.717, 1.165) is 4.47 Å². The van der Waals surface area contributed by atoms with Crippen molar-refractivity contribution in [1.29, 1.82) is 0 Å². The van der Waals surface area contributed by atoms with Gasteiger partial charge in [-0.05, 0) is 36.4 Å². The molecule has 5 heteroatoms. The van der Waals surface area contributed by atoms with E-state index in [1.54, 1.807) is 24.3 Å². The topological polar surface area (TPSA) is 42.0 Å². The lowest BCUT2D eigenvalue weighted by Crippen LogP contribution is -2.14. The van der Waals surface area contributed by atoms with Gasteiger partial charge in [0, 0.05) is 16.4 Å². The van der Waals surface area contributed by atoms with Crippen molar-refractivity contribution in [2.24, 2.45) is 0 Å². The van der Waals surface area contributed by atoms with Gasteiger partial charge in [-0.25, -0.2) is 4.98 Å². The predicted octanol–water partition coefficient (Wildman–Crippen LogP) is 3.24. The summed E-state index contributed by atoms with van der Waals surface area (Å²) in [6, 6.07) is 9.91. The first-order valence-corrected chi connectivity index (χ1v) is 5.63. The molecule has 1 aromatic heterocycles. The fourth-order valence-electron chi connectivity index (χ4n) is 1.29. The molecule has 3 nitrogen and oxygen atoms in total. The summed E-state index contributed by atoms with van der Waals surface area (Å²) in [6.07, 6.45) is 1.30. The Bertz CT molecular complexity index is 542. The molecule has 0 radical (unpaired) electrons. The van der Waals surface area contributed by atoms with Gasteiger partial charge in [0.05, 0.1) is 5.56 Å². The average Bonchev–Trinajstić information content (AvgIpc) is 2.32. The highest BCUT2D eigenvalue weighted by Gasteiger charge is 2.11.